The number of carbonyl (C=O) groups is 2. The minimum Gasteiger partial charge on any atom is -0.466 e. The maximum absolute atomic E-state index is 11.6. The normalized spacial score (nSPS) is 10.0. The van der Waals surface area contributed by atoms with Crippen molar-refractivity contribution in [2.75, 3.05) is 13.2 Å². The van der Waals surface area contributed by atoms with Crippen LogP contribution in [0.4, 0.5) is 0 Å². The van der Waals surface area contributed by atoms with Crippen LogP contribution in [0.2, 0.25) is 0 Å². The molecule has 0 aliphatic heterocycles. The van der Waals surface area contributed by atoms with Gasteiger partial charge in [0.1, 0.15) is 0 Å². The number of esters is 2. The Morgan fingerprint density at radius 1 is 0.621 bits per heavy atom. The zero-order valence-electron chi connectivity index (χ0n) is 18.7. The van der Waals surface area contributed by atoms with Gasteiger partial charge in [-0.05, 0) is 25.7 Å². The molecule has 0 radical (unpaired) electrons. The smallest absolute Gasteiger partial charge is 0.305 e. The number of carbonyl (C=O) groups excluding carboxylic acids is 2. The van der Waals surface area contributed by atoms with Crippen LogP contribution in [0.3, 0.4) is 0 Å². The van der Waals surface area contributed by atoms with Crippen molar-refractivity contribution in [3.8, 4) is 0 Å². The lowest BCUT2D eigenvalue weighted by Gasteiger charge is -2.06. The van der Waals surface area contributed by atoms with E-state index in [1.54, 1.807) is 0 Å². The third-order valence-electron chi connectivity index (χ3n) is 4.53. The summed E-state index contributed by atoms with van der Waals surface area (Å²) in [4.78, 5) is 31.3. The summed E-state index contributed by atoms with van der Waals surface area (Å²) in [5.74, 6) is -0.280. The van der Waals surface area contributed by atoms with Crippen molar-refractivity contribution >= 4 is 11.9 Å². The largest absolute Gasteiger partial charge is 0.466 e. The molecule has 0 aliphatic carbocycles. The highest BCUT2D eigenvalue weighted by Gasteiger charge is 2.06. The highest BCUT2D eigenvalue weighted by atomic mass is 16.6. The molecule has 0 fully saturated rings. The van der Waals surface area contributed by atoms with Crippen molar-refractivity contribution in [3.05, 3.63) is 4.91 Å². The van der Waals surface area contributed by atoms with Crippen molar-refractivity contribution in [1.82, 2.24) is 0 Å². The molecule has 0 unspecified atom stereocenters. The SMILES string of the molecule is CCCCCCCCOC(=O)CCCCC(=O)OCCCCCCCC.O=NO. The van der Waals surface area contributed by atoms with E-state index in [-0.39, 0.29) is 11.9 Å². The fourth-order valence-corrected chi connectivity index (χ4v) is 2.82. The highest BCUT2D eigenvalue weighted by Crippen LogP contribution is 2.08. The van der Waals surface area contributed by atoms with Gasteiger partial charge in [-0.15, -0.1) is 4.91 Å². The fraction of sp³-hybridized carbons (Fsp3) is 0.909. The molecule has 0 heterocycles. The van der Waals surface area contributed by atoms with E-state index in [9.17, 15) is 9.59 Å². The van der Waals surface area contributed by atoms with Crippen molar-refractivity contribution in [3.63, 3.8) is 0 Å². The Morgan fingerprint density at radius 2 is 0.931 bits per heavy atom. The summed E-state index contributed by atoms with van der Waals surface area (Å²) >= 11 is 0. The molecule has 0 aromatic rings. The number of unbranched alkanes of at least 4 members (excludes halogenated alkanes) is 11. The van der Waals surface area contributed by atoms with Crippen LogP contribution in [0.5, 0.6) is 0 Å². The second-order valence-corrected chi connectivity index (χ2v) is 7.27. The summed E-state index contributed by atoms with van der Waals surface area (Å²) in [5, 5.41) is 7.89. The molecule has 172 valence electrons. The zero-order chi connectivity index (χ0) is 22.0. The molecule has 0 saturated heterocycles. The quantitative estimate of drug-likeness (QED) is 0.111. The average Bonchev–Trinajstić information content (AvgIpc) is 2.70. The summed E-state index contributed by atoms with van der Waals surface area (Å²) < 4.78 is 10.4. The predicted molar refractivity (Wildman–Crippen MR) is 115 cm³/mol. The molecule has 7 nitrogen and oxygen atoms in total. The van der Waals surface area contributed by atoms with Crippen molar-refractivity contribution < 1.29 is 24.3 Å². The molecule has 7 heteroatoms. The Hall–Kier alpha value is -1.66. The first-order chi connectivity index (χ1) is 14.1. The number of hydrogen-bond donors (Lipinski definition) is 1. The number of hydrogen-bond acceptors (Lipinski definition) is 6. The van der Waals surface area contributed by atoms with E-state index in [0.29, 0.717) is 38.9 Å². The first-order valence-electron chi connectivity index (χ1n) is 11.4. The van der Waals surface area contributed by atoms with E-state index in [0.717, 1.165) is 25.7 Å². The molecular weight excluding hydrogens is 374 g/mol. The van der Waals surface area contributed by atoms with Gasteiger partial charge in [-0.3, -0.25) is 9.59 Å². The average molecular weight is 418 g/mol. The summed E-state index contributed by atoms with van der Waals surface area (Å²) in [5.41, 5.74) is 0. The maximum atomic E-state index is 11.6. The van der Waals surface area contributed by atoms with E-state index < -0.39 is 0 Å². The second kappa shape index (κ2) is 26.3. The van der Waals surface area contributed by atoms with Gasteiger partial charge in [0.05, 0.1) is 13.2 Å². The van der Waals surface area contributed by atoms with Crippen LogP contribution in [-0.4, -0.2) is 30.4 Å². The summed E-state index contributed by atoms with van der Waals surface area (Å²) in [6.45, 7) is 5.48. The standard InChI is InChI=1S/C22H42O4.HNO2/c1-3-5-7-9-11-15-19-25-21(23)17-13-14-18-22(24)26-20-16-12-10-8-6-4-2;2-1-3/h3-20H2,1-2H3;(H,2,3). The molecule has 0 aromatic carbocycles. The van der Waals surface area contributed by atoms with Gasteiger partial charge in [-0.1, -0.05) is 78.1 Å². The molecular formula is C22H43NO6. The Labute approximate surface area is 176 Å². The van der Waals surface area contributed by atoms with E-state index in [1.807, 2.05) is 0 Å². The molecule has 0 spiro atoms. The minimum atomic E-state index is -0.140. The highest BCUT2D eigenvalue weighted by molar-refractivity contribution is 5.70. The summed E-state index contributed by atoms with van der Waals surface area (Å²) in [6.07, 6.45) is 16.5. The van der Waals surface area contributed by atoms with Gasteiger partial charge in [0.2, 0.25) is 0 Å². The Bertz CT molecular complexity index is 344. The number of nitrogens with zero attached hydrogens (tertiary/aromatic N) is 1. The topological polar surface area (TPSA) is 102 Å². The predicted octanol–water partition coefficient (Wildman–Crippen LogP) is 6.50. The van der Waals surface area contributed by atoms with Crippen LogP contribution < -0.4 is 0 Å². The lowest BCUT2D eigenvalue weighted by Crippen LogP contribution is -2.08. The Balaban J connectivity index is 0. The molecule has 0 amide bonds. The van der Waals surface area contributed by atoms with Crippen LogP contribution >= 0.6 is 0 Å². The lowest BCUT2D eigenvalue weighted by atomic mass is 10.1. The molecule has 0 saturated carbocycles. The van der Waals surface area contributed by atoms with Crippen LogP contribution in [0.1, 0.15) is 117 Å². The van der Waals surface area contributed by atoms with Gasteiger partial charge in [-0.25, -0.2) is 0 Å². The number of rotatable bonds is 19. The van der Waals surface area contributed by atoms with Crippen LogP contribution in [0.15, 0.2) is 5.34 Å². The van der Waals surface area contributed by atoms with E-state index >= 15 is 0 Å². The molecule has 0 atom stereocenters. The van der Waals surface area contributed by atoms with Crippen molar-refractivity contribution in [2.24, 2.45) is 5.34 Å². The molecule has 0 rings (SSSR count). The van der Waals surface area contributed by atoms with Gasteiger partial charge in [0, 0.05) is 12.8 Å². The minimum absolute atomic E-state index is 0.140. The maximum Gasteiger partial charge on any atom is 0.305 e. The molecule has 0 aromatic heterocycles. The Kier molecular flexibility index (Phi) is 26.8. The van der Waals surface area contributed by atoms with Gasteiger partial charge in [0.15, 0.2) is 5.34 Å². The molecule has 1 N–H and O–H groups in total. The molecule has 29 heavy (non-hydrogen) atoms. The van der Waals surface area contributed by atoms with Gasteiger partial charge in [-0.2, -0.15) is 0 Å². The van der Waals surface area contributed by atoms with E-state index in [2.05, 4.69) is 13.8 Å². The third-order valence-corrected chi connectivity index (χ3v) is 4.53. The van der Waals surface area contributed by atoms with Crippen LogP contribution in [0.25, 0.3) is 0 Å². The fourth-order valence-electron chi connectivity index (χ4n) is 2.82. The van der Waals surface area contributed by atoms with Gasteiger partial charge < -0.3 is 14.7 Å². The third kappa shape index (κ3) is 28.6. The molecule has 0 aliphatic rings. The second-order valence-electron chi connectivity index (χ2n) is 7.27. The van der Waals surface area contributed by atoms with Gasteiger partial charge >= 0.3 is 11.9 Å². The van der Waals surface area contributed by atoms with E-state index in [1.165, 1.54) is 56.7 Å². The van der Waals surface area contributed by atoms with E-state index in [4.69, 9.17) is 19.6 Å². The Morgan fingerprint density at radius 3 is 1.28 bits per heavy atom. The first-order valence-corrected chi connectivity index (χ1v) is 11.4. The van der Waals surface area contributed by atoms with Crippen LogP contribution in [0, 0.1) is 4.91 Å². The first kappa shape index (κ1) is 29.5. The lowest BCUT2D eigenvalue weighted by molar-refractivity contribution is -0.146. The zero-order valence-corrected chi connectivity index (χ0v) is 18.7. The molecule has 0 bridgehead atoms. The van der Waals surface area contributed by atoms with Gasteiger partial charge in [0.25, 0.3) is 0 Å². The summed E-state index contributed by atoms with van der Waals surface area (Å²) in [6, 6.07) is 0. The van der Waals surface area contributed by atoms with Crippen LogP contribution in [-0.2, 0) is 19.1 Å². The van der Waals surface area contributed by atoms with Crippen molar-refractivity contribution in [1.29, 1.82) is 0 Å². The van der Waals surface area contributed by atoms with Crippen molar-refractivity contribution in [2.45, 2.75) is 117 Å². The number of ether oxygens (including phenoxy) is 2. The summed E-state index contributed by atoms with van der Waals surface area (Å²) in [7, 11) is 0. The monoisotopic (exact) mass is 417 g/mol.